The largest absolute Gasteiger partial charge is 0.481 e. The Kier molecular flexibility index (Phi) is 4.20. The van der Waals surface area contributed by atoms with Crippen molar-refractivity contribution in [1.82, 2.24) is 9.97 Å². The fourth-order valence-electron chi connectivity index (χ4n) is 1.72. The average Bonchev–Trinajstić information content (AvgIpc) is 2.41. The number of rotatable bonds is 3. The van der Waals surface area contributed by atoms with Crippen molar-refractivity contribution in [2.75, 3.05) is 12.4 Å². The van der Waals surface area contributed by atoms with Crippen LogP contribution in [0.4, 0.5) is 5.95 Å². The highest BCUT2D eigenvalue weighted by Gasteiger charge is 2.13. The number of nitrogens with one attached hydrogen (secondary N) is 1. The van der Waals surface area contributed by atoms with Gasteiger partial charge in [0.1, 0.15) is 5.15 Å². The number of carbonyl (C=O) groups is 1. The van der Waals surface area contributed by atoms with Gasteiger partial charge in [0.15, 0.2) is 0 Å². The standard InChI is InChI=1S/C14H14ClN3O2/c1-8-5-4-6-10(9(8)2)13(19)18-14-16-11(15)7-12(17-14)20-3/h4-7H,1-3H3,(H,16,17,18,19). The van der Waals surface area contributed by atoms with Crippen LogP contribution < -0.4 is 10.1 Å². The van der Waals surface area contributed by atoms with Gasteiger partial charge in [-0.05, 0) is 31.0 Å². The summed E-state index contributed by atoms with van der Waals surface area (Å²) in [5, 5.41) is 2.82. The minimum absolute atomic E-state index is 0.111. The minimum Gasteiger partial charge on any atom is -0.481 e. The first-order valence-corrected chi connectivity index (χ1v) is 6.35. The zero-order valence-corrected chi connectivity index (χ0v) is 12.2. The van der Waals surface area contributed by atoms with Gasteiger partial charge in [0.05, 0.1) is 7.11 Å². The van der Waals surface area contributed by atoms with E-state index < -0.39 is 0 Å². The number of amides is 1. The summed E-state index contributed by atoms with van der Waals surface area (Å²) >= 11 is 5.83. The summed E-state index contributed by atoms with van der Waals surface area (Å²) in [5.41, 5.74) is 2.54. The van der Waals surface area contributed by atoms with E-state index in [9.17, 15) is 4.79 Å². The van der Waals surface area contributed by atoms with Crippen molar-refractivity contribution in [3.8, 4) is 5.88 Å². The fraction of sp³-hybridized carbons (Fsp3) is 0.214. The van der Waals surface area contributed by atoms with Crippen molar-refractivity contribution < 1.29 is 9.53 Å². The summed E-state index contributed by atoms with van der Waals surface area (Å²) in [6.07, 6.45) is 0. The summed E-state index contributed by atoms with van der Waals surface area (Å²) in [5.74, 6) is 0.122. The highest BCUT2D eigenvalue weighted by Crippen LogP contribution is 2.18. The number of halogens is 1. The van der Waals surface area contributed by atoms with Crippen molar-refractivity contribution in [3.05, 3.63) is 46.1 Å². The van der Waals surface area contributed by atoms with Gasteiger partial charge in [-0.25, -0.2) is 4.98 Å². The van der Waals surface area contributed by atoms with Crippen LogP contribution in [0.3, 0.4) is 0 Å². The van der Waals surface area contributed by atoms with Crippen LogP contribution in [-0.4, -0.2) is 23.0 Å². The van der Waals surface area contributed by atoms with Crippen LogP contribution >= 0.6 is 11.6 Å². The van der Waals surface area contributed by atoms with Gasteiger partial charge in [-0.3, -0.25) is 10.1 Å². The van der Waals surface area contributed by atoms with E-state index in [0.717, 1.165) is 11.1 Å². The maximum absolute atomic E-state index is 12.2. The Labute approximate surface area is 122 Å². The molecule has 0 atom stereocenters. The van der Waals surface area contributed by atoms with Crippen LogP contribution in [0.1, 0.15) is 21.5 Å². The molecule has 0 radical (unpaired) electrons. The fourth-order valence-corrected chi connectivity index (χ4v) is 1.90. The second kappa shape index (κ2) is 5.88. The lowest BCUT2D eigenvalue weighted by Crippen LogP contribution is -2.16. The molecule has 104 valence electrons. The van der Waals surface area contributed by atoms with Crippen LogP contribution in [0.25, 0.3) is 0 Å². The van der Waals surface area contributed by atoms with Crippen molar-refractivity contribution in [1.29, 1.82) is 0 Å². The van der Waals surface area contributed by atoms with Crippen molar-refractivity contribution >= 4 is 23.5 Å². The van der Waals surface area contributed by atoms with Gasteiger partial charge in [-0.15, -0.1) is 0 Å². The molecule has 1 N–H and O–H groups in total. The Hall–Kier alpha value is -2.14. The number of benzene rings is 1. The first-order valence-electron chi connectivity index (χ1n) is 5.97. The Morgan fingerprint density at radius 2 is 2.05 bits per heavy atom. The molecular weight excluding hydrogens is 278 g/mol. The summed E-state index contributed by atoms with van der Waals surface area (Å²) in [6.45, 7) is 3.84. The van der Waals surface area contributed by atoms with E-state index in [0.29, 0.717) is 11.4 Å². The van der Waals surface area contributed by atoms with E-state index in [-0.39, 0.29) is 17.0 Å². The molecule has 0 saturated heterocycles. The second-order valence-corrected chi connectivity index (χ2v) is 4.65. The summed E-state index contributed by atoms with van der Waals surface area (Å²) in [7, 11) is 1.47. The summed E-state index contributed by atoms with van der Waals surface area (Å²) in [4.78, 5) is 20.2. The van der Waals surface area contributed by atoms with Crippen LogP contribution in [0, 0.1) is 13.8 Å². The van der Waals surface area contributed by atoms with Crippen molar-refractivity contribution in [2.24, 2.45) is 0 Å². The lowest BCUT2D eigenvalue weighted by Gasteiger charge is -2.09. The number of nitrogens with zero attached hydrogens (tertiary/aromatic N) is 2. The molecule has 1 aromatic carbocycles. The van der Waals surface area contributed by atoms with Crippen LogP contribution in [-0.2, 0) is 0 Å². The molecule has 0 aliphatic rings. The minimum atomic E-state index is -0.282. The molecule has 6 heteroatoms. The average molecular weight is 292 g/mol. The predicted molar refractivity (Wildman–Crippen MR) is 77.5 cm³/mol. The van der Waals surface area contributed by atoms with Gasteiger partial charge >= 0.3 is 0 Å². The van der Waals surface area contributed by atoms with Gasteiger partial charge in [0.25, 0.3) is 5.91 Å². The van der Waals surface area contributed by atoms with Gasteiger partial charge in [-0.2, -0.15) is 4.98 Å². The van der Waals surface area contributed by atoms with Gasteiger partial charge in [-0.1, -0.05) is 23.7 Å². The second-order valence-electron chi connectivity index (χ2n) is 4.26. The van der Waals surface area contributed by atoms with Crippen LogP contribution in [0.5, 0.6) is 5.88 Å². The Balaban J connectivity index is 2.28. The molecule has 1 aromatic heterocycles. The number of anilines is 1. The highest BCUT2D eigenvalue weighted by atomic mass is 35.5. The summed E-state index contributed by atoms with van der Waals surface area (Å²) < 4.78 is 4.98. The number of methoxy groups -OCH3 is 1. The van der Waals surface area contributed by atoms with Crippen molar-refractivity contribution in [3.63, 3.8) is 0 Å². The van der Waals surface area contributed by atoms with Crippen LogP contribution in [0.15, 0.2) is 24.3 Å². The molecule has 20 heavy (non-hydrogen) atoms. The molecule has 1 amide bonds. The molecule has 0 saturated carbocycles. The van der Waals surface area contributed by atoms with Gasteiger partial charge in [0, 0.05) is 11.6 Å². The third-order valence-corrected chi connectivity index (χ3v) is 3.15. The molecule has 0 unspecified atom stereocenters. The number of hydrogen-bond donors (Lipinski definition) is 1. The monoisotopic (exact) mass is 291 g/mol. The Morgan fingerprint density at radius 1 is 1.30 bits per heavy atom. The third kappa shape index (κ3) is 3.05. The highest BCUT2D eigenvalue weighted by molar-refractivity contribution is 6.29. The third-order valence-electron chi connectivity index (χ3n) is 2.96. The molecule has 0 aliphatic heterocycles. The quantitative estimate of drug-likeness (QED) is 0.883. The van der Waals surface area contributed by atoms with Crippen molar-refractivity contribution in [2.45, 2.75) is 13.8 Å². The Bertz CT molecular complexity index is 659. The molecule has 0 bridgehead atoms. The normalized spacial score (nSPS) is 10.2. The summed E-state index contributed by atoms with van der Waals surface area (Å²) in [6, 6.07) is 7.00. The maximum atomic E-state index is 12.2. The van der Waals surface area contributed by atoms with E-state index in [1.807, 2.05) is 26.0 Å². The number of hydrogen-bond acceptors (Lipinski definition) is 4. The lowest BCUT2D eigenvalue weighted by atomic mass is 10.0. The molecule has 2 aromatic rings. The zero-order chi connectivity index (χ0) is 14.7. The SMILES string of the molecule is COc1cc(Cl)nc(NC(=O)c2cccc(C)c2C)n1. The molecule has 0 fully saturated rings. The molecule has 0 spiro atoms. The first kappa shape index (κ1) is 14.3. The first-order chi connectivity index (χ1) is 9.51. The number of aryl methyl sites for hydroxylation is 1. The van der Waals surface area contributed by atoms with Gasteiger partial charge in [0.2, 0.25) is 11.8 Å². The van der Waals surface area contributed by atoms with E-state index in [1.165, 1.54) is 13.2 Å². The number of aromatic nitrogens is 2. The van der Waals surface area contributed by atoms with E-state index in [4.69, 9.17) is 16.3 Å². The number of carbonyl (C=O) groups excluding carboxylic acids is 1. The van der Waals surface area contributed by atoms with E-state index in [2.05, 4.69) is 15.3 Å². The lowest BCUT2D eigenvalue weighted by molar-refractivity contribution is 0.102. The number of ether oxygens (including phenoxy) is 1. The smallest absolute Gasteiger partial charge is 0.258 e. The van der Waals surface area contributed by atoms with Crippen LogP contribution in [0.2, 0.25) is 5.15 Å². The topological polar surface area (TPSA) is 64.1 Å². The zero-order valence-electron chi connectivity index (χ0n) is 11.4. The van der Waals surface area contributed by atoms with Gasteiger partial charge < -0.3 is 4.74 Å². The maximum Gasteiger partial charge on any atom is 0.258 e. The van der Waals surface area contributed by atoms with E-state index in [1.54, 1.807) is 6.07 Å². The molecule has 2 rings (SSSR count). The molecule has 0 aliphatic carbocycles. The Morgan fingerprint density at radius 3 is 2.75 bits per heavy atom. The molecule has 1 heterocycles. The van der Waals surface area contributed by atoms with E-state index >= 15 is 0 Å². The predicted octanol–water partition coefficient (Wildman–Crippen LogP) is 3.01. The molecule has 5 nitrogen and oxygen atoms in total. The molecular formula is C14H14ClN3O2.